The summed E-state index contributed by atoms with van der Waals surface area (Å²) in [6.45, 7) is 3.20. The van der Waals surface area contributed by atoms with Crippen LogP contribution in [0.25, 0.3) is 10.9 Å². The van der Waals surface area contributed by atoms with E-state index < -0.39 is 0 Å². The van der Waals surface area contributed by atoms with Crippen molar-refractivity contribution in [2.75, 3.05) is 6.61 Å². The van der Waals surface area contributed by atoms with Crippen molar-refractivity contribution in [1.82, 2.24) is 15.5 Å². The van der Waals surface area contributed by atoms with Crippen molar-refractivity contribution in [3.63, 3.8) is 0 Å². The lowest BCUT2D eigenvalue weighted by molar-refractivity contribution is -0.103. The van der Waals surface area contributed by atoms with Gasteiger partial charge >= 0.3 is 0 Å². The van der Waals surface area contributed by atoms with Crippen LogP contribution in [0.15, 0.2) is 24.3 Å². The fourth-order valence-corrected chi connectivity index (χ4v) is 4.36. The van der Waals surface area contributed by atoms with Crippen LogP contribution in [0.1, 0.15) is 63.6 Å². The van der Waals surface area contributed by atoms with Gasteiger partial charge in [-0.05, 0) is 57.9 Å². The zero-order chi connectivity index (χ0) is 15.7. The molecule has 2 aromatic rings. The van der Waals surface area contributed by atoms with Crippen LogP contribution in [0, 0.1) is 0 Å². The molecule has 1 unspecified atom stereocenters. The van der Waals surface area contributed by atoms with E-state index in [1.54, 1.807) is 0 Å². The topological polar surface area (TPSA) is 49.9 Å². The lowest BCUT2D eigenvalue weighted by Gasteiger charge is -2.43. The van der Waals surface area contributed by atoms with Crippen LogP contribution in [0.4, 0.5) is 0 Å². The van der Waals surface area contributed by atoms with Gasteiger partial charge in [0.1, 0.15) is 0 Å². The predicted octanol–water partition coefficient (Wildman–Crippen LogP) is 4.10. The van der Waals surface area contributed by atoms with Crippen molar-refractivity contribution in [3.8, 4) is 0 Å². The first kappa shape index (κ1) is 15.2. The number of hydrogen-bond donors (Lipinski definition) is 2. The summed E-state index contributed by atoms with van der Waals surface area (Å²) in [5, 5.41) is 12.7. The van der Waals surface area contributed by atoms with Gasteiger partial charge in [-0.25, -0.2) is 0 Å². The third kappa shape index (κ3) is 3.02. The molecular formula is C19H27N3O. The summed E-state index contributed by atoms with van der Waals surface area (Å²) in [6.07, 6.45) is 8.71. The van der Waals surface area contributed by atoms with E-state index in [0.29, 0.717) is 12.1 Å². The molecular weight excluding hydrogens is 286 g/mol. The highest BCUT2D eigenvalue weighted by Crippen LogP contribution is 2.39. The number of aromatic nitrogens is 2. The molecule has 1 spiro atoms. The molecule has 2 N–H and O–H groups in total. The van der Waals surface area contributed by atoms with Gasteiger partial charge in [0.15, 0.2) is 0 Å². The van der Waals surface area contributed by atoms with Gasteiger partial charge in [-0.2, -0.15) is 5.10 Å². The molecule has 4 rings (SSSR count). The van der Waals surface area contributed by atoms with Gasteiger partial charge < -0.3 is 10.1 Å². The molecule has 23 heavy (non-hydrogen) atoms. The molecule has 2 heterocycles. The molecule has 124 valence electrons. The van der Waals surface area contributed by atoms with E-state index in [0.717, 1.165) is 12.1 Å². The van der Waals surface area contributed by atoms with Crippen molar-refractivity contribution in [2.45, 2.75) is 69.6 Å². The van der Waals surface area contributed by atoms with Crippen LogP contribution >= 0.6 is 0 Å². The van der Waals surface area contributed by atoms with Crippen molar-refractivity contribution < 1.29 is 4.74 Å². The quantitative estimate of drug-likeness (QED) is 0.897. The Hall–Kier alpha value is -1.39. The predicted molar refractivity (Wildman–Crippen MR) is 92.4 cm³/mol. The second kappa shape index (κ2) is 6.25. The van der Waals surface area contributed by atoms with Crippen LogP contribution in [0.2, 0.25) is 0 Å². The Kier molecular flexibility index (Phi) is 4.12. The van der Waals surface area contributed by atoms with Crippen LogP contribution < -0.4 is 5.32 Å². The summed E-state index contributed by atoms with van der Waals surface area (Å²) < 4.78 is 6.15. The van der Waals surface area contributed by atoms with Crippen molar-refractivity contribution in [1.29, 1.82) is 0 Å². The molecule has 1 aliphatic heterocycles. The Morgan fingerprint density at radius 2 is 2.04 bits per heavy atom. The van der Waals surface area contributed by atoms with Gasteiger partial charge in [-0.3, -0.25) is 5.10 Å². The SMILES string of the molecule is CC(NC1CCC2(CCCCO2)CC1)c1[nH]nc2ccccc12. The molecule has 1 aliphatic carbocycles. The monoisotopic (exact) mass is 313 g/mol. The molecule has 1 saturated carbocycles. The number of para-hydroxylation sites is 1. The molecule has 0 amide bonds. The highest BCUT2D eigenvalue weighted by atomic mass is 16.5. The van der Waals surface area contributed by atoms with Crippen molar-refractivity contribution >= 4 is 10.9 Å². The van der Waals surface area contributed by atoms with E-state index >= 15 is 0 Å². The normalized spacial score (nSPS) is 29.9. The number of H-pyrrole nitrogens is 1. The van der Waals surface area contributed by atoms with Gasteiger partial charge in [0, 0.05) is 24.1 Å². The number of nitrogens with one attached hydrogen (secondary N) is 2. The Labute approximate surface area is 138 Å². The molecule has 0 bridgehead atoms. The molecule has 1 aromatic heterocycles. The molecule has 4 heteroatoms. The van der Waals surface area contributed by atoms with Gasteiger partial charge in [-0.1, -0.05) is 18.2 Å². The fraction of sp³-hybridized carbons (Fsp3) is 0.632. The standard InChI is InChI=1S/C19H27N3O/c1-14(18-16-6-2-3-7-17(16)21-22-18)20-15-8-11-19(12-9-15)10-4-5-13-23-19/h2-3,6-7,14-15,20H,4-5,8-13H2,1H3,(H,21,22). The first-order valence-electron chi connectivity index (χ1n) is 9.09. The average molecular weight is 313 g/mol. The van der Waals surface area contributed by atoms with E-state index in [4.69, 9.17) is 4.74 Å². The number of hydrogen-bond acceptors (Lipinski definition) is 3. The number of aromatic amines is 1. The van der Waals surface area contributed by atoms with Gasteiger partial charge in [-0.15, -0.1) is 0 Å². The molecule has 2 aliphatic rings. The van der Waals surface area contributed by atoms with E-state index in [1.807, 2.05) is 6.07 Å². The van der Waals surface area contributed by atoms with E-state index in [2.05, 4.69) is 40.6 Å². The zero-order valence-corrected chi connectivity index (χ0v) is 14.0. The average Bonchev–Trinajstić information content (AvgIpc) is 3.02. The van der Waals surface area contributed by atoms with Crippen LogP contribution in [0.5, 0.6) is 0 Å². The zero-order valence-electron chi connectivity index (χ0n) is 14.0. The summed E-state index contributed by atoms with van der Waals surface area (Å²) in [7, 11) is 0. The minimum atomic E-state index is 0.209. The molecule has 1 atom stereocenters. The minimum Gasteiger partial charge on any atom is -0.375 e. The van der Waals surface area contributed by atoms with Crippen molar-refractivity contribution in [2.24, 2.45) is 0 Å². The third-order valence-corrected chi connectivity index (χ3v) is 5.74. The van der Waals surface area contributed by atoms with Gasteiger partial charge in [0.25, 0.3) is 0 Å². The first-order valence-corrected chi connectivity index (χ1v) is 9.09. The largest absolute Gasteiger partial charge is 0.375 e. The van der Waals surface area contributed by atoms with E-state index in [-0.39, 0.29) is 5.60 Å². The van der Waals surface area contributed by atoms with Crippen LogP contribution in [0.3, 0.4) is 0 Å². The molecule has 1 aromatic carbocycles. The minimum absolute atomic E-state index is 0.209. The summed E-state index contributed by atoms with van der Waals surface area (Å²) in [5.41, 5.74) is 2.46. The number of nitrogens with zero attached hydrogens (tertiary/aromatic N) is 1. The fourth-order valence-electron chi connectivity index (χ4n) is 4.36. The summed E-state index contributed by atoms with van der Waals surface area (Å²) in [6, 6.07) is 9.22. The van der Waals surface area contributed by atoms with Crippen LogP contribution in [-0.4, -0.2) is 28.4 Å². The highest BCUT2D eigenvalue weighted by molar-refractivity contribution is 5.81. The Morgan fingerprint density at radius 3 is 2.83 bits per heavy atom. The lowest BCUT2D eigenvalue weighted by atomic mass is 9.77. The van der Waals surface area contributed by atoms with Crippen LogP contribution in [-0.2, 0) is 4.74 Å². The van der Waals surface area contributed by atoms with Gasteiger partial charge in [0.2, 0.25) is 0 Å². The van der Waals surface area contributed by atoms with E-state index in [1.165, 1.54) is 56.0 Å². The second-order valence-electron chi connectivity index (χ2n) is 7.31. The van der Waals surface area contributed by atoms with E-state index in [9.17, 15) is 0 Å². The number of fused-ring (bicyclic) bond motifs is 1. The number of benzene rings is 1. The number of rotatable bonds is 3. The van der Waals surface area contributed by atoms with Gasteiger partial charge in [0.05, 0.1) is 16.8 Å². The summed E-state index contributed by atoms with van der Waals surface area (Å²) >= 11 is 0. The second-order valence-corrected chi connectivity index (χ2v) is 7.31. The maximum absolute atomic E-state index is 6.15. The van der Waals surface area contributed by atoms with Crippen molar-refractivity contribution in [3.05, 3.63) is 30.0 Å². The smallest absolute Gasteiger partial charge is 0.0924 e. The lowest BCUT2D eigenvalue weighted by Crippen LogP contribution is -2.45. The Bertz CT molecular complexity index is 649. The maximum atomic E-state index is 6.15. The highest BCUT2D eigenvalue weighted by Gasteiger charge is 2.37. The first-order chi connectivity index (χ1) is 11.3. The third-order valence-electron chi connectivity index (χ3n) is 5.74. The number of ether oxygens (including phenoxy) is 1. The Balaban J connectivity index is 1.39. The summed E-state index contributed by atoms with van der Waals surface area (Å²) in [4.78, 5) is 0. The molecule has 2 fully saturated rings. The Morgan fingerprint density at radius 1 is 1.22 bits per heavy atom. The molecule has 4 nitrogen and oxygen atoms in total. The molecule has 1 saturated heterocycles. The molecule has 0 radical (unpaired) electrons. The summed E-state index contributed by atoms with van der Waals surface area (Å²) in [5.74, 6) is 0. The maximum Gasteiger partial charge on any atom is 0.0924 e.